The molecule has 0 heterocycles. The molecule has 0 aliphatic heterocycles. The lowest BCUT2D eigenvalue weighted by Crippen LogP contribution is -1.82. The van der Waals surface area contributed by atoms with Crippen LogP contribution in [0.25, 0.3) is 0 Å². The Kier molecular flexibility index (Phi) is 9.68. The van der Waals surface area contributed by atoms with E-state index in [1.807, 2.05) is 0 Å². The standard InChI is InChI=1S/C9H20S/c1-3-5-6-7-9-10-8-4-2/h3-9H2,1-2H3. The van der Waals surface area contributed by atoms with Gasteiger partial charge in [0.05, 0.1) is 0 Å². The number of unbranched alkanes of at least 4 members (excludes halogenated alkanes) is 3. The Morgan fingerprint density at radius 3 is 2.20 bits per heavy atom. The lowest BCUT2D eigenvalue weighted by Gasteiger charge is -1.97. The maximum absolute atomic E-state index is 2.26. The van der Waals surface area contributed by atoms with Gasteiger partial charge in [-0.05, 0) is 24.3 Å². The van der Waals surface area contributed by atoms with Crippen molar-refractivity contribution >= 4 is 11.8 Å². The van der Waals surface area contributed by atoms with Gasteiger partial charge in [-0.15, -0.1) is 0 Å². The lowest BCUT2D eigenvalue weighted by atomic mass is 10.2. The van der Waals surface area contributed by atoms with Crippen molar-refractivity contribution in [3.63, 3.8) is 0 Å². The third kappa shape index (κ3) is 8.35. The zero-order valence-electron chi connectivity index (χ0n) is 7.36. The van der Waals surface area contributed by atoms with Crippen molar-refractivity contribution in [3.8, 4) is 0 Å². The molecular formula is C9H20S. The highest BCUT2D eigenvalue weighted by Crippen LogP contribution is 2.07. The average molecular weight is 160 g/mol. The van der Waals surface area contributed by atoms with E-state index >= 15 is 0 Å². The fourth-order valence-electron chi connectivity index (χ4n) is 0.877. The Labute approximate surface area is 69.8 Å². The van der Waals surface area contributed by atoms with Crippen LogP contribution in [-0.4, -0.2) is 11.5 Å². The number of thioether (sulfide) groups is 1. The third-order valence-corrected chi connectivity index (χ3v) is 2.76. The van der Waals surface area contributed by atoms with Gasteiger partial charge in [0, 0.05) is 0 Å². The van der Waals surface area contributed by atoms with Crippen molar-refractivity contribution in [2.45, 2.75) is 46.0 Å². The van der Waals surface area contributed by atoms with Crippen molar-refractivity contribution in [2.24, 2.45) is 0 Å². The minimum atomic E-state index is 1.33. The van der Waals surface area contributed by atoms with Crippen LogP contribution in [0.4, 0.5) is 0 Å². The summed E-state index contributed by atoms with van der Waals surface area (Å²) in [5, 5.41) is 0. The van der Waals surface area contributed by atoms with E-state index in [0.717, 1.165) is 0 Å². The number of rotatable bonds is 7. The predicted molar refractivity (Wildman–Crippen MR) is 51.8 cm³/mol. The first-order chi connectivity index (χ1) is 4.91. The van der Waals surface area contributed by atoms with Crippen molar-refractivity contribution in [3.05, 3.63) is 0 Å². The van der Waals surface area contributed by atoms with E-state index in [-0.39, 0.29) is 0 Å². The molecule has 0 radical (unpaired) electrons. The van der Waals surface area contributed by atoms with Crippen LogP contribution >= 0.6 is 11.8 Å². The summed E-state index contributed by atoms with van der Waals surface area (Å²) in [6.45, 7) is 4.51. The van der Waals surface area contributed by atoms with E-state index in [4.69, 9.17) is 0 Å². The molecule has 0 unspecified atom stereocenters. The minimum Gasteiger partial charge on any atom is -0.162 e. The summed E-state index contributed by atoms with van der Waals surface area (Å²) in [5.41, 5.74) is 0. The first-order valence-corrected chi connectivity index (χ1v) is 5.65. The van der Waals surface area contributed by atoms with Crippen LogP contribution < -0.4 is 0 Å². The van der Waals surface area contributed by atoms with E-state index in [9.17, 15) is 0 Å². The Bertz CT molecular complexity index is 44.7. The minimum absolute atomic E-state index is 1.33. The second-order valence-corrected chi connectivity index (χ2v) is 3.90. The maximum atomic E-state index is 2.26. The fraction of sp³-hybridized carbons (Fsp3) is 1.00. The second kappa shape index (κ2) is 9.35. The van der Waals surface area contributed by atoms with Gasteiger partial charge >= 0.3 is 0 Å². The number of hydrogen-bond donors (Lipinski definition) is 0. The fourth-order valence-corrected chi connectivity index (χ4v) is 1.78. The van der Waals surface area contributed by atoms with Gasteiger partial charge in [0.1, 0.15) is 0 Å². The van der Waals surface area contributed by atoms with Crippen LogP contribution in [0.1, 0.15) is 46.0 Å². The Morgan fingerprint density at radius 2 is 1.60 bits per heavy atom. The topological polar surface area (TPSA) is 0 Å². The zero-order valence-corrected chi connectivity index (χ0v) is 8.17. The Hall–Kier alpha value is 0.350. The molecule has 0 spiro atoms. The molecule has 0 aliphatic carbocycles. The Balaban J connectivity index is 2.65. The summed E-state index contributed by atoms with van der Waals surface area (Å²) >= 11 is 2.10. The predicted octanol–water partition coefficient (Wildman–Crippen LogP) is 3.71. The summed E-state index contributed by atoms with van der Waals surface area (Å²) in [7, 11) is 0. The van der Waals surface area contributed by atoms with E-state index in [1.54, 1.807) is 0 Å². The molecule has 62 valence electrons. The quantitative estimate of drug-likeness (QED) is 0.512. The second-order valence-electron chi connectivity index (χ2n) is 2.67. The first kappa shape index (κ1) is 10.3. The largest absolute Gasteiger partial charge is 0.162 e. The summed E-state index contributed by atoms with van der Waals surface area (Å²) in [6.07, 6.45) is 6.98. The molecule has 0 aromatic carbocycles. The summed E-state index contributed by atoms with van der Waals surface area (Å²) in [5.74, 6) is 2.74. The van der Waals surface area contributed by atoms with Crippen LogP contribution in [0.5, 0.6) is 0 Å². The molecule has 0 bridgehead atoms. The van der Waals surface area contributed by atoms with Crippen molar-refractivity contribution < 1.29 is 0 Å². The third-order valence-electron chi connectivity index (χ3n) is 1.49. The van der Waals surface area contributed by atoms with Crippen LogP contribution in [0.3, 0.4) is 0 Å². The van der Waals surface area contributed by atoms with Gasteiger partial charge in [0.25, 0.3) is 0 Å². The highest BCUT2D eigenvalue weighted by Gasteiger charge is 1.87. The van der Waals surface area contributed by atoms with Crippen molar-refractivity contribution in [1.29, 1.82) is 0 Å². The van der Waals surface area contributed by atoms with Gasteiger partial charge < -0.3 is 0 Å². The molecule has 0 rings (SSSR count). The SMILES string of the molecule is CCCCCCSCCC. The average Bonchev–Trinajstić information content (AvgIpc) is 1.97. The molecular weight excluding hydrogens is 140 g/mol. The maximum Gasteiger partial charge on any atom is -0.00675 e. The molecule has 1 heteroatoms. The monoisotopic (exact) mass is 160 g/mol. The molecule has 10 heavy (non-hydrogen) atoms. The van der Waals surface area contributed by atoms with Crippen LogP contribution in [0.15, 0.2) is 0 Å². The lowest BCUT2D eigenvalue weighted by molar-refractivity contribution is 0.706. The molecule has 0 nitrogen and oxygen atoms in total. The molecule has 0 aliphatic rings. The summed E-state index contributed by atoms with van der Waals surface area (Å²) in [6, 6.07) is 0. The molecule has 0 saturated carbocycles. The van der Waals surface area contributed by atoms with E-state index in [2.05, 4.69) is 25.6 Å². The smallest absolute Gasteiger partial charge is 0.00675 e. The van der Waals surface area contributed by atoms with Crippen LogP contribution in [-0.2, 0) is 0 Å². The van der Waals surface area contributed by atoms with Crippen molar-refractivity contribution in [2.75, 3.05) is 11.5 Å². The molecule has 0 aromatic heterocycles. The van der Waals surface area contributed by atoms with Gasteiger partial charge in [0.2, 0.25) is 0 Å². The van der Waals surface area contributed by atoms with Gasteiger partial charge in [-0.1, -0.05) is 33.1 Å². The van der Waals surface area contributed by atoms with Gasteiger partial charge in [0.15, 0.2) is 0 Å². The van der Waals surface area contributed by atoms with Gasteiger partial charge in [-0.2, -0.15) is 11.8 Å². The number of hydrogen-bond acceptors (Lipinski definition) is 1. The molecule has 0 saturated heterocycles. The molecule has 0 amide bonds. The highest BCUT2D eigenvalue weighted by atomic mass is 32.2. The van der Waals surface area contributed by atoms with Crippen molar-refractivity contribution in [1.82, 2.24) is 0 Å². The highest BCUT2D eigenvalue weighted by molar-refractivity contribution is 7.99. The van der Waals surface area contributed by atoms with Gasteiger partial charge in [-0.3, -0.25) is 0 Å². The first-order valence-electron chi connectivity index (χ1n) is 4.49. The summed E-state index contributed by atoms with van der Waals surface area (Å²) < 4.78 is 0. The van der Waals surface area contributed by atoms with Crippen LogP contribution in [0, 0.1) is 0 Å². The molecule has 0 atom stereocenters. The van der Waals surface area contributed by atoms with E-state index in [0.29, 0.717) is 0 Å². The van der Waals surface area contributed by atoms with E-state index < -0.39 is 0 Å². The zero-order chi connectivity index (χ0) is 7.66. The normalized spacial score (nSPS) is 10.2. The van der Waals surface area contributed by atoms with Crippen LogP contribution in [0.2, 0.25) is 0 Å². The van der Waals surface area contributed by atoms with E-state index in [1.165, 1.54) is 43.6 Å². The van der Waals surface area contributed by atoms with Gasteiger partial charge in [-0.25, -0.2) is 0 Å². The molecule has 0 fully saturated rings. The molecule has 0 N–H and O–H groups in total. The summed E-state index contributed by atoms with van der Waals surface area (Å²) in [4.78, 5) is 0. The Morgan fingerprint density at radius 1 is 0.800 bits per heavy atom. The molecule has 0 aromatic rings.